The van der Waals surface area contributed by atoms with Crippen LogP contribution in [0.5, 0.6) is 5.75 Å². The zero-order valence-corrected chi connectivity index (χ0v) is 11.8. The van der Waals surface area contributed by atoms with Crippen LogP contribution in [0.25, 0.3) is 0 Å². The summed E-state index contributed by atoms with van der Waals surface area (Å²) in [4.78, 5) is 0. The Morgan fingerprint density at radius 3 is 2.76 bits per heavy atom. The molecular weight excluding hydrogens is 248 g/mol. The summed E-state index contributed by atoms with van der Waals surface area (Å²) in [7, 11) is 0. The van der Waals surface area contributed by atoms with E-state index in [-0.39, 0.29) is 4.08 Å². The van der Waals surface area contributed by atoms with E-state index in [1.54, 1.807) is 0 Å². The second-order valence-corrected chi connectivity index (χ2v) is 7.84. The van der Waals surface area contributed by atoms with Crippen molar-refractivity contribution in [2.75, 3.05) is 11.5 Å². The lowest BCUT2D eigenvalue weighted by molar-refractivity contribution is 0.467. The molecule has 1 aliphatic heterocycles. The average molecular weight is 266 g/mol. The van der Waals surface area contributed by atoms with Crippen LogP contribution >= 0.6 is 23.5 Å². The first-order chi connectivity index (χ1) is 8.27. The van der Waals surface area contributed by atoms with E-state index in [0.717, 1.165) is 12.8 Å². The highest BCUT2D eigenvalue weighted by Gasteiger charge is 2.45. The Bertz CT molecular complexity index is 436. The van der Waals surface area contributed by atoms with Crippen molar-refractivity contribution in [1.29, 1.82) is 0 Å². The normalized spacial score (nSPS) is 21.0. The molecule has 0 aromatic heterocycles. The summed E-state index contributed by atoms with van der Waals surface area (Å²) in [5, 5.41) is 10.2. The Morgan fingerprint density at radius 2 is 2.06 bits per heavy atom. The van der Waals surface area contributed by atoms with Crippen molar-refractivity contribution in [1.82, 2.24) is 0 Å². The Balaban J connectivity index is 2.10. The summed E-state index contributed by atoms with van der Waals surface area (Å²) < 4.78 is 0.184. The monoisotopic (exact) mass is 266 g/mol. The summed E-state index contributed by atoms with van der Waals surface area (Å²) in [6, 6.07) is 4.04. The first-order valence-corrected chi connectivity index (χ1v) is 8.36. The van der Waals surface area contributed by atoms with Crippen LogP contribution < -0.4 is 0 Å². The van der Waals surface area contributed by atoms with Crippen molar-refractivity contribution >= 4 is 23.5 Å². The van der Waals surface area contributed by atoms with Gasteiger partial charge in [0.15, 0.2) is 0 Å². The van der Waals surface area contributed by atoms with Gasteiger partial charge in [-0.15, -0.1) is 23.5 Å². The Kier molecular flexibility index (Phi) is 3.07. The van der Waals surface area contributed by atoms with E-state index < -0.39 is 0 Å². The number of hydrogen-bond donors (Lipinski definition) is 1. The van der Waals surface area contributed by atoms with Gasteiger partial charge in [0, 0.05) is 17.1 Å². The maximum atomic E-state index is 10.2. The number of hydrogen-bond acceptors (Lipinski definition) is 3. The lowest BCUT2D eigenvalue weighted by Gasteiger charge is -2.23. The molecule has 0 unspecified atom stereocenters. The average Bonchev–Trinajstić information content (AvgIpc) is 2.93. The van der Waals surface area contributed by atoms with Crippen LogP contribution in [-0.4, -0.2) is 16.6 Å². The van der Waals surface area contributed by atoms with E-state index >= 15 is 0 Å². The fourth-order valence-electron chi connectivity index (χ4n) is 3.05. The molecule has 0 amide bonds. The molecule has 1 aromatic carbocycles. The molecule has 0 saturated carbocycles. The van der Waals surface area contributed by atoms with E-state index in [4.69, 9.17) is 0 Å². The van der Waals surface area contributed by atoms with Crippen LogP contribution in [0.15, 0.2) is 12.1 Å². The summed E-state index contributed by atoms with van der Waals surface area (Å²) in [6.45, 7) is 2.23. The minimum atomic E-state index is 0.184. The van der Waals surface area contributed by atoms with Crippen molar-refractivity contribution in [3.05, 3.63) is 28.8 Å². The lowest BCUT2D eigenvalue weighted by atomic mass is 9.99. The number of phenols is 1. The first-order valence-electron chi connectivity index (χ1n) is 6.39. The summed E-state index contributed by atoms with van der Waals surface area (Å²) in [6.07, 6.45) is 4.68. The molecule has 17 heavy (non-hydrogen) atoms. The number of aromatic hydroxyl groups is 1. The molecule has 2 aliphatic rings. The van der Waals surface area contributed by atoms with Gasteiger partial charge in [-0.1, -0.05) is 19.4 Å². The van der Waals surface area contributed by atoms with Crippen LogP contribution in [0.4, 0.5) is 0 Å². The minimum absolute atomic E-state index is 0.184. The SMILES string of the molecule is CCCc1ccc(O)c2c1CCC21SCCS1. The van der Waals surface area contributed by atoms with Gasteiger partial charge < -0.3 is 5.11 Å². The molecule has 1 saturated heterocycles. The molecule has 0 radical (unpaired) electrons. The summed E-state index contributed by atoms with van der Waals surface area (Å²) >= 11 is 4.08. The van der Waals surface area contributed by atoms with Gasteiger partial charge in [-0.2, -0.15) is 0 Å². The van der Waals surface area contributed by atoms with Crippen molar-refractivity contribution < 1.29 is 5.11 Å². The van der Waals surface area contributed by atoms with Gasteiger partial charge in [0.2, 0.25) is 0 Å². The molecule has 92 valence electrons. The molecule has 0 bridgehead atoms. The summed E-state index contributed by atoms with van der Waals surface area (Å²) in [5.41, 5.74) is 4.18. The standard InChI is InChI=1S/C14H18OS2/c1-2-3-10-4-5-12(15)13-11(10)6-7-14(13)16-8-9-17-14/h4-5,15H,2-3,6-9H2,1H3. The van der Waals surface area contributed by atoms with Crippen LogP contribution in [0, 0.1) is 0 Å². The number of rotatable bonds is 2. The third-order valence-corrected chi connectivity index (χ3v) is 7.28. The zero-order valence-electron chi connectivity index (χ0n) is 10.2. The maximum absolute atomic E-state index is 10.2. The first kappa shape index (κ1) is 11.8. The van der Waals surface area contributed by atoms with Gasteiger partial charge in [-0.3, -0.25) is 0 Å². The molecule has 3 heteroatoms. The molecule has 1 heterocycles. The van der Waals surface area contributed by atoms with Crippen LogP contribution in [0.2, 0.25) is 0 Å². The van der Waals surface area contributed by atoms with Crippen molar-refractivity contribution in [2.45, 2.75) is 36.7 Å². The third-order valence-electron chi connectivity index (χ3n) is 3.75. The van der Waals surface area contributed by atoms with Gasteiger partial charge >= 0.3 is 0 Å². The van der Waals surface area contributed by atoms with E-state index in [2.05, 4.69) is 13.0 Å². The lowest BCUT2D eigenvalue weighted by Crippen LogP contribution is -2.09. The second kappa shape index (κ2) is 4.43. The molecule has 1 aromatic rings. The minimum Gasteiger partial charge on any atom is -0.508 e. The van der Waals surface area contributed by atoms with E-state index in [0.29, 0.717) is 5.75 Å². The highest BCUT2D eigenvalue weighted by atomic mass is 32.2. The number of phenolic OH excluding ortho intramolecular Hbond substituents is 1. The van der Waals surface area contributed by atoms with Crippen molar-refractivity contribution in [3.8, 4) is 5.75 Å². The van der Waals surface area contributed by atoms with Crippen LogP contribution in [-0.2, 0) is 16.9 Å². The van der Waals surface area contributed by atoms with E-state index in [1.165, 1.54) is 41.0 Å². The Morgan fingerprint density at radius 1 is 1.29 bits per heavy atom. The molecule has 3 rings (SSSR count). The quantitative estimate of drug-likeness (QED) is 0.876. The Labute approximate surface area is 111 Å². The molecule has 0 atom stereocenters. The van der Waals surface area contributed by atoms with E-state index in [1.807, 2.05) is 29.6 Å². The number of fused-ring (bicyclic) bond motifs is 2. The van der Waals surface area contributed by atoms with Crippen LogP contribution in [0.3, 0.4) is 0 Å². The highest BCUT2D eigenvalue weighted by molar-refractivity contribution is 8.20. The molecule has 1 aliphatic carbocycles. The zero-order chi connectivity index (χ0) is 11.9. The largest absolute Gasteiger partial charge is 0.508 e. The maximum Gasteiger partial charge on any atom is 0.121 e. The molecular formula is C14H18OS2. The number of aryl methyl sites for hydroxylation is 1. The van der Waals surface area contributed by atoms with Gasteiger partial charge in [-0.05, 0) is 36.5 Å². The number of benzene rings is 1. The fraction of sp³-hybridized carbons (Fsp3) is 0.571. The van der Waals surface area contributed by atoms with Gasteiger partial charge in [0.25, 0.3) is 0 Å². The van der Waals surface area contributed by atoms with Gasteiger partial charge in [0.1, 0.15) is 5.75 Å². The van der Waals surface area contributed by atoms with Gasteiger partial charge in [-0.25, -0.2) is 0 Å². The molecule has 1 fully saturated rings. The Hall–Kier alpha value is -0.280. The topological polar surface area (TPSA) is 20.2 Å². The van der Waals surface area contributed by atoms with Crippen LogP contribution in [0.1, 0.15) is 36.5 Å². The third kappa shape index (κ3) is 1.78. The summed E-state index contributed by atoms with van der Waals surface area (Å²) in [5.74, 6) is 2.97. The number of thioether (sulfide) groups is 2. The molecule has 1 spiro atoms. The smallest absolute Gasteiger partial charge is 0.121 e. The van der Waals surface area contributed by atoms with E-state index in [9.17, 15) is 5.11 Å². The predicted octanol–water partition coefficient (Wildman–Crippen LogP) is 3.92. The highest BCUT2D eigenvalue weighted by Crippen LogP contribution is 2.61. The predicted molar refractivity (Wildman–Crippen MR) is 77.0 cm³/mol. The molecule has 1 nitrogen and oxygen atoms in total. The second-order valence-electron chi connectivity index (χ2n) is 4.80. The van der Waals surface area contributed by atoms with Gasteiger partial charge in [0.05, 0.1) is 4.08 Å². The molecule has 1 N–H and O–H groups in total. The van der Waals surface area contributed by atoms with Crippen molar-refractivity contribution in [3.63, 3.8) is 0 Å². The van der Waals surface area contributed by atoms with Crippen molar-refractivity contribution in [2.24, 2.45) is 0 Å². The fourth-order valence-corrected chi connectivity index (χ4v) is 6.45.